The molecule has 0 amide bonds. The van der Waals surface area contributed by atoms with E-state index in [9.17, 15) is 0 Å². The van der Waals surface area contributed by atoms with Crippen molar-refractivity contribution in [3.05, 3.63) is 53.5 Å². The van der Waals surface area contributed by atoms with Gasteiger partial charge in [-0.1, -0.05) is 19.1 Å². The minimum Gasteiger partial charge on any atom is -0.490 e. The third-order valence-corrected chi connectivity index (χ3v) is 3.66. The topological polar surface area (TPSA) is 34.4 Å². The summed E-state index contributed by atoms with van der Waals surface area (Å²) in [5, 5.41) is 3.56. The van der Waals surface area contributed by atoms with E-state index in [-0.39, 0.29) is 6.04 Å². The van der Waals surface area contributed by atoms with Crippen molar-refractivity contribution in [3.63, 3.8) is 0 Å². The predicted octanol–water partition coefficient (Wildman–Crippen LogP) is 4.22. The van der Waals surface area contributed by atoms with Crippen molar-refractivity contribution in [3.8, 4) is 5.75 Å². The van der Waals surface area contributed by atoms with Gasteiger partial charge < -0.3 is 14.5 Å². The average Bonchev–Trinajstić information content (AvgIpc) is 3.19. The van der Waals surface area contributed by atoms with Crippen LogP contribution in [0.5, 0.6) is 5.75 Å². The summed E-state index contributed by atoms with van der Waals surface area (Å²) >= 11 is 0. The van der Waals surface area contributed by atoms with E-state index < -0.39 is 0 Å². The summed E-state index contributed by atoms with van der Waals surface area (Å²) in [4.78, 5) is 0. The van der Waals surface area contributed by atoms with Crippen molar-refractivity contribution in [2.75, 3.05) is 6.54 Å². The Kier molecular flexibility index (Phi) is 4.30. The number of benzene rings is 1. The fourth-order valence-electron chi connectivity index (χ4n) is 2.43. The molecule has 1 aliphatic rings. The Bertz CT molecular complexity index is 586. The summed E-state index contributed by atoms with van der Waals surface area (Å²) in [6.07, 6.45) is 3.88. The standard InChI is InChI=1S/C18H23NO2/c1-3-11-19-18(17-10-7-13(2)20-17)14-5-4-6-16(12-14)21-15-8-9-15/h4-7,10,12,15,18-19H,3,8-9,11H2,1-2H3. The SMILES string of the molecule is CCCNC(c1cccc(OC2CC2)c1)c1ccc(C)o1. The summed E-state index contributed by atoms with van der Waals surface area (Å²) in [7, 11) is 0. The normalized spacial score (nSPS) is 15.9. The zero-order valence-electron chi connectivity index (χ0n) is 12.8. The molecule has 3 rings (SSSR count). The molecule has 21 heavy (non-hydrogen) atoms. The van der Waals surface area contributed by atoms with E-state index in [1.54, 1.807) is 0 Å². The first-order chi connectivity index (χ1) is 10.3. The number of rotatable bonds is 7. The Morgan fingerprint density at radius 1 is 1.29 bits per heavy atom. The number of ether oxygens (including phenoxy) is 1. The van der Waals surface area contributed by atoms with E-state index in [1.807, 2.05) is 19.1 Å². The van der Waals surface area contributed by atoms with Gasteiger partial charge in [-0.25, -0.2) is 0 Å². The molecule has 1 aliphatic carbocycles. The Labute approximate surface area is 126 Å². The molecule has 3 heteroatoms. The Morgan fingerprint density at radius 3 is 2.81 bits per heavy atom. The molecule has 1 fully saturated rings. The number of nitrogens with one attached hydrogen (secondary N) is 1. The molecule has 1 saturated carbocycles. The van der Waals surface area contributed by atoms with Crippen LogP contribution in [0.25, 0.3) is 0 Å². The zero-order chi connectivity index (χ0) is 14.7. The highest BCUT2D eigenvalue weighted by atomic mass is 16.5. The van der Waals surface area contributed by atoms with Crippen molar-refractivity contribution in [2.45, 2.75) is 45.3 Å². The van der Waals surface area contributed by atoms with Gasteiger partial charge >= 0.3 is 0 Å². The lowest BCUT2D eigenvalue weighted by molar-refractivity contribution is 0.302. The zero-order valence-corrected chi connectivity index (χ0v) is 12.8. The summed E-state index contributed by atoms with van der Waals surface area (Å²) in [6, 6.07) is 12.5. The van der Waals surface area contributed by atoms with E-state index in [2.05, 4.69) is 36.5 Å². The van der Waals surface area contributed by atoms with Gasteiger partial charge in [0.25, 0.3) is 0 Å². The lowest BCUT2D eigenvalue weighted by Crippen LogP contribution is -2.22. The Hall–Kier alpha value is -1.74. The van der Waals surface area contributed by atoms with Gasteiger partial charge in [0, 0.05) is 0 Å². The molecular weight excluding hydrogens is 262 g/mol. The average molecular weight is 285 g/mol. The molecule has 3 nitrogen and oxygen atoms in total. The molecule has 1 heterocycles. The quantitative estimate of drug-likeness (QED) is 0.827. The lowest BCUT2D eigenvalue weighted by atomic mass is 10.0. The van der Waals surface area contributed by atoms with Crippen LogP contribution in [0.15, 0.2) is 40.8 Å². The third-order valence-electron chi connectivity index (χ3n) is 3.66. The monoisotopic (exact) mass is 285 g/mol. The van der Waals surface area contributed by atoms with Crippen molar-refractivity contribution in [2.24, 2.45) is 0 Å². The maximum absolute atomic E-state index is 5.90. The summed E-state index contributed by atoms with van der Waals surface area (Å²) in [6.45, 7) is 5.11. The molecule has 1 aromatic heterocycles. The van der Waals surface area contributed by atoms with Crippen LogP contribution in [0, 0.1) is 6.92 Å². The van der Waals surface area contributed by atoms with Gasteiger partial charge in [0.05, 0.1) is 12.1 Å². The highest BCUT2D eigenvalue weighted by Crippen LogP contribution is 2.30. The fraction of sp³-hybridized carbons (Fsp3) is 0.444. The number of hydrogen-bond acceptors (Lipinski definition) is 3. The molecule has 0 saturated heterocycles. The first-order valence-electron chi connectivity index (χ1n) is 7.82. The minimum absolute atomic E-state index is 0.0846. The first-order valence-corrected chi connectivity index (χ1v) is 7.82. The van der Waals surface area contributed by atoms with Crippen LogP contribution < -0.4 is 10.1 Å². The summed E-state index contributed by atoms with van der Waals surface area (Å²) < 4.78 is 11.7. The van der Waals surface area contributed by atoms with Gasteiger partial charge in [0.15, 0.2) is 0 Å². The predicted molar refractivity (Wildman–Crippen MR) is 83.7 cm³/mol. The highest BCUT2D eigenvalue weighted by molar-refractivity contribution is 5.34. The van der Waals surface area contributed by atoms with Crippen molar-refractivity contribution < 1.29 is 9.15 Å². The van der Waals surface area contributed by atoms with Crippen LogP contribution in [0.3, 0.4) is 0 Å². The molecule has 0 radical (unpaired) electrons. The summed E-state index contributed by atoms with van der Waals surface area (Å²) in [5.41, 5.74) is 1.19. The van der Waals surface area contributed by atoms with Crippen LogP contribution in [0.2, 0.25) is 0 Å². The van der Waals surface area contributed by atoms with Crippen molar-refractivity contribution in [1.82, 2.24) is 5.32 Å². The van der Waals surface area contributed by atoms with Crippen molar-refractivity contribution in [1.29, 1.82) is 0 Å². The Morgan fingerprint density at radius 2 is 2.14 bits per heavy atom. The van der Waals surface area contributed by atoms with Gasteiger partial charge in [-0.15, -0.1) is 0 Å². The lowest BCUT2D eigenvalue weighted by Gasteiger charge is -2.18. The summed E-state index contributed by atoms with van der Waals surface area (Å²) in [5.74, 6) is 2.87. The van der Waals surface area contributed by atoms with E-state index in [0.717, 1.165) is 30.2 Å². The van der Waals surface area contributed by atoms with Gasteiger partial charge in [0.1, 0.15) is 17.3 Å². The molecular formula is C18H23NO2. The number of aryl methyl sites for hydroxylation is 1. The van der Waals surface area contributed by atoms with Crippen LogP contribution in [-0.2, 0) is 0 Å². The van der Waals surface area contributed by atoms with Crippen LogP contribution >= 0.6 is 0 Å². The molecule has 1 unspecified atom stereocenters. The number of furan rings is 1. The molecule has 0 bridgehead atoms. The second-order valence-corrected chi connectivity index (χ2v) is 5.73. The molecule has 1 aromatic carbocycles. The molecule has 112 valence electrons. The van der Waals surface area contributed by atoms with Gasteiger partial charge in [-0.3, -0.25) is 0 Å². The largest absolute Gasteiger partial charge is 0.490 e. The van der Waals surface area contributed by atoms with E-state index in [0.29, 0.717) is 6.10 Å². The van der Waals surface area contributed by atoms with Gasteiger partial charge in [-0.05, 0) is 62.6 Å². The van der Waals surface area contributed by atoms with Crippen LogP contribution in [-0.4, -0.2) is 12.6 Å². The fourth-order valence-corrected chi connectivity index (χ4v) is 2.43. The second kappa shape index (κ2) is 6.35. The smallest absolute Gasteiger partial charge is 0.125 e. The van der Waals surface area contributed by atoms with Crippen LogP contribution in [0.1, 0.15) is 49.3 Å². The van der Waals surface area contributed by atoms with E-state index in [4.69, 9.17) is 9.15 Å². The van der Waals surface area contributed by atoms with E-state index in [1.165, 1.54) is 18.4 Å². The molecule has 1 N–H and O–H groups in total. The van der Waals surface area contributed by atoms with Crippen molar-refractivity contribution >= 4 is 0 Å². The number of hydrogen-bond donors (Lipinski definition) is 1. The maximum atomic E-state index is 5.90. The van der Waals surface area contributed by atoms with E-state index >= 15 is 0 Å². The second-order valence-electron chi connectivity index (χ2n) is 5.73. The van der Waals surface area contributed by atoms with Gasteiger partial charge in [0.2, 0.25) is 0 Å². The molecule has 0 aliphatic heterocycles. The molecule has 1 atom stereocenters. The molecule has 0 spiro atoms. The molecule has 2 aromatic rings. The highest BCUT2D eigenvalue weighted by Gasteiger charge is 2.24. The maximum Gasteiger partial charge on any atom is 0.125 e. The van der Waals surface area contributed by atoms with Crippen LogP contribution in [0.4, 0.5) is 0 Å². The minimum atomic E-state index is 0.0846. The third kappa shape index (κ3) is 3.67. The van der Waals surface area contributed by atoms with Gasteiger partial charge in [-0.2, -0.15) is 0 Å². The first kappa shape index (κ1) is 14.2. The Balaban J connectivity index is 1.83.